The molecule has 31 heavy (non-hydrogen) atoms. The van der Waals surface area contributed by atoms with E-state index in [2.05, 4.69) is 12.2 Å². The molecule has 154 valence electrons. The quantitative estimate of drug-likeness (QED) is 0.556. The minimum atomic E-state index is -0.306. The topological polar surface area (TPSA) is 12.2 Å². The number of hydrogen-bond donors (Lipinski definition) is 0. The molecule has 0 amide bonds. The lowest BCUT2D eigenvalue weighted by Crippen LogP contribution is -2.09. The normalized spacial score (nSPS) is 16.7. The van der Waals surface area contributed by atoms with Crippen LogP contribution >= 0.6 is 0 Å². The summed E-state index contributed by atoms with van der Waals surface area (Å²) in [5.41, 5.74) is 4.67. The number of ether oxygens (including phenoxy) is 1. The molecule has 4 heteroatoms. The summed E-state index contributed by atoms with van der Waals surface area (Å²) in [5.74, 6) is 0.645. The molecule has 2 aliphatic rings. The minimum Gasteiger partial charge on any atom is -0.457 e. The van der Waals surface area contributed by atoms with Crippen molar-refractivity contribution < 1.29 is 18.1 Å². The molecule has 1 aliphatic heterocycles. The van der Waals surface area contributed by atoms with Gasteiger partial charge in [-0.15, -0.1) is 0 Å². The first-order chi connectivity index (χ1) is 15.0. The van der Waals surface area contributed by atoms with E-state index < -0.39 is 0 Å². The number of halogens is 2. The van der Waals surface area contributed by atoms with Crippen LogP contribution in [0, 0.1) is 11.6 Å². The first-order valence-electron chi connectivity index (χ1n) is 9.93. The Labute approximate surface area is 180 Å². The second-order valence-corrected chi connectivity index (χ2v) is 7.45. The van der Waals surface area contributed by atoms with Gasteiger partial charge in [-0.25, -0.2) is 13.4 Å². The van der Waals surface area contributed by atoms with Crippen molar-refractivity contribution in [3.8, 4) is 0 Å². The SMILES string of the molecule is C[N+](C)=C1C=CC(=CC=C2C=C(c3ccc(F)cc3)C=C(c3ccc(F)cc3)O2)C=C1. The number of nitrogens with zero attached hydrogens (tertiary/aromatic N) is 1. The van der Waals surface area contributed by atoms with Gasteiger partial charge in [-0.05, 0) is 83.5 Å². The maximum atomic E-state index is 13.4. The van der Waals surface area contributed by atoms with Crippen molar-refractivity contribution in [2.75, 3.05) is 14.1 Å². The second-order valence-electron chi connectivity index (χ2n) is 7.45. The third-order valence-corrected chi connectivity index (χ3v) is 4.97. The third kappa shape index (κ3) is 5.04. The monoisotopic (exact) mass is 414 g/mol. The van der Waals surface area contributed by atoms with Crippen molar-refractivity contribution in [1.29, 1.82) is 0 Å². The highest BCUT2D eigenvalue weighted by atomic mass is 19.1. The summed E-state index contributed by atoms with van der Waals surface area (Å²) < 4.78 is 34.9. The molecule has 0 fully saturated rings. The van der Waals surface area contributed by atoms with Gasteiger partial charge in [0.1, 0.15) is 37.2 Å². The fourth-order valence-corrected chi connectivity index (χ4v) is 3.23. The van der Waals surface area contributed by atoms with E-state index in [1.165, 1.54) is 24.3 Å². The zero-order chi connectivity index (χ0) is 21.8. The molecule has 0 spiro atoms. The Balaban J connectivity index is 1.69. The summed E-state index contributed by atoms with van der Waals surface area (Å²) in [4.78, 5) is 0. The molecule has 1 aliphatic carbocycles. The van der Waals surface area contributed by atoms with E-state index in [1.54, 1.807) is 24.3 Å². The van der Waals surface area contributed by atoms with E-state index in [4.69, 9.17) is 4.74 Å². The van der Waals surface area contributed by atoms with Gasteiger partial charge in [0, 0.05) is 17.7 Å². The van der Waals surface area contributed by atoms with Crippen LogP contribution in [0.5, 0.6) is 0 Å². The standard InChI is InChI=1S/C27H22F2NO/c1-30(2)25-14-3-19(4-15-25)5-16-26-17-22(20-6-10-23(28)11-7-20)18-27(31-26)21-8-12-24(29)13-9-21/h3-18H,1-2H3/q+1. The molecule has 0 bridgehead atoms. The second kappa shape index (κ2) is 8.92. The Morgan fingerprint density at radius 1 is 0.710 bits per heavy atom. The molecule has 0 radical (unpaired) electrons. The molecule has 0 unspecified atom stereocenters. The number of allylic oxidation sites excluding steroid dienone is 10. The minimum absolute atomic E-state index is 0.288. The summed E-state index contributed by atoms with van der Waals surface area (Å²) in [5, 5.41) is 0. The third-order valence-electron chi connectivity index (χ3n) is 4.97. The van der Waals surface area contributed by atoms with Crippen LogP contribution in [-0.4, -0.2) is 24.4 Å². The average Bonchev–Trinajstić information content (AvgIpc) is 2.79. The van der Waals surface area contributed by atoms with Gasteiger partial charge in [0.05, 0.1) is 0 Å². The zero-order valence-corrected chi connectivity index (χ0v) is 17.3. The van der Waals surface area contributed by atoms with Crippen LogP contribution in [0.25, 0.3) is 11.3 Å². The molecule has 1 heterocycles. The largest absolute Gasteiger partial charge is 0.457 e. The van der Waals surface area contributed by atoms with Crippen LogP contribution in [0.2, 0.25) is 0 Å². The van der Waals surface area contributed by atoms with Gasteiger partial charge in [0.15, 0.2) is 5.71 Å². The van der Waals surface area contributed by atoms with Gasteiger partial charge < -0.3 is 4.74 Å². The molecule has 2 nitrogen and oxygen atoms in total. The predicted molar refractivity (Wildman–Crippen MR) is 121 cm³/mol. The molecule has 0 saturated carbocycles. The van der Waals surface area contributed by atoms with Crippen LogP contribution < -0.4 is 0 Å². The van der Waals surface area contributed by atoms with Gasteiger partial charge in [0.25, 0.3) is 0 Å². The molecule has 4 rings (SSSR count). The van der Waals surface area contributed by atoms with E-state index in [1.807, 2.05) is 55.1 Å². The Morgan fingerprint density at radius 2 is 1.29 bits per heavy atom. The lowest BCUT2D eigenvalue weighted by atomic mass is 10.00. The molecule has 0 N–H and O–H groups in total. The van der Waals surface area contributed by atoms with Crippen molar-refractivity contribution in [3.63, 3.8) is 0 Å². The van der Waals surface area contributed by atoms with Crippen molar-refractivity contribution in [2.45, 2.75) is 0 Å². The highest BCUT2D eigenvalue weighted by molar-refractivity contribution is 6.02. The Kier molecular flexibility index (Phi) is 5.89. The van der Waals surface area contributed by atoms with Gasteiger partial charge in [-0.3, -0.25) is 0 Å². The summed E-state index contributed by atoms with van der Waals surface area (Å²) in [6.45, 7) is 0. The molecule has 0 aromatic heterocycles. The molecule has 2 aromatic rings. The highest BCUT2D eigenvalue weighted by Gasteiger charge is 2.14. The Hall–Kier alpha value is -3.79. The average molecular weight is 414 g/mol. The van der Waals surface area contributed by atoms with Crippen molar-refractivity contribution in [1.82, 2.24) is 0 Å². The van der Waals surface area contributed by atoms with E-state index >= 15 is 0 Å². The Bertz CT molecular complexity index is 1180. The van der Waals surface area contributed by atoms with E-state index in [0.717, 1.165) is 28.0 Å². The maximum Gasteiger partial charge on any atom is 0.199 e. The lowest BCUT2D eigenvalue weighted by Gasteiger charge is -2.18. The smallest absolute Gasteiger partial charge is 0.199 e. The van der Waals surface area contributed by atoms with Gasteiger partial charge in [0.2, 0.25) is 0 Å². The van der Waals surface area contributed by atoms with Crippen molar-refractivity contribution >= 4 is 17.0 Å². The molecule has 0 atom stereocenters. The lowest BCUT2D eigenvalue weighted by molar-refractivity contribution is -0.462. The number of benzene rings is 2. The van der Waals surface area contributed by atoms with Gasteiger partial charge in [-0.2, -0.15) is 0 Å². The molecule has 2 aromatic carbocycles. The summed E-state index contributed by atoms with van der Waals surface area (Å²) in [6, 6.07) is 12.5. The number of hydrogen-bond acceptors (Lipinski definition) is 1. The van der Waals surface area contributed by atoms with Crippen LogP contribution in [0.1, 0.15) is 11.1 Å². The van der Waals surface area contributed by atoms with Crippen LogP contribution in [0.15, 0.2) is 108 Å². The van der Waals surface area contributed by atoms with E-state index in [9.17, 15) is 8.78 Å². The highest BCUT2D eigenvalue weighted by Crippen LogP contribution is 2.32. The van der Waals surface area contributed by atoms with Crippen LogP contribution in [0.4, 0.5) is 8.78 Å². The van der Waals surface area contributed by atoms with Crippen molar-refractivity contribution in [3.05, 3.63) is 131 Å². The summed E-state index contributed by atoms with van der Waals surface area (Å²) in [6.07, 6.45) is 15.8. The van der Waals surface area contributed by atoms with Crippen molar-refractivity contribution in [2.24, 2.45) is 0 Å². The Morgan fingerprint density at radius 3 is 1.87 bits per heavy atom. The molecular weight excluding hydrogens is 392 g/mol. The van der Waals surface area contributed by atoms with Gasteiger partial charge >= 0.3 is 0 Å². The predicted octanol–water partition coefficient (Wildman–Crippen LogP) is 6.07. The fourth-order valence-electron chi connectivity index (χ4n) is 3.23. The fraction of sp³-hybridized carbons (Fsp3) is 0.0741. The maximum absolute atomic E-state index is 13.4. The van der Waals surface area contributed by atoms with E-state index in [0.29, 0.717) is 11.5 Å². The zero-order valence-electron chi connectivity index (χ0n) is 17.3. The first-order valence-corrected chi connectivity index (χ1v) is 9.93. The van der Waals surface area contributed by atoms with Crippen LogP contribution in [0.3, 0.4) is 0 Å². The molecule has 0 saturated heterocycles. The summed E-state index contributed by atoms with van der Waals surface area (Å²) >= 11 is 0. The number of rotatable bonds is 3. The summed E-state index contributed by atoms with van der Waals surface area (Å²) in [7, 11) is 4.00. The van der Waals surface area contributed by atoms with Gasteiger partial charge in [-0.1, -0.05) is 18.2 Å². The molecular formula is C27H22F2NO+. The first kappa shape index (κ1) is 20.5. The van der Waals surface area contributed by atoms with E-state index in [-0.39, 0.29) is 11.6 Å². The van der Waals surface area contributed by atoms with Crippen LogP contribution in [-0.2, 0) is 4.74 Å².